The number of benzene rings is 1. The lowest BCUT2D eigenvalue weighted by Gasteiger charge is -2.22. The van der Waals surface area contributed by atoms with E-state index in [4.69, 9.17) is 5.11 Å². The number of carbonyl (C=O) groups is 2. The molecule has 5 nitrogen and oxygen atoms in total. The topological polar surface area (TPSA) is 86.6 Å². The molecule has 0 unspecified atom stereocenters. The highest BCUT2D eigenvalue weighted by atomic mass is 19.4. The Labute approximate surface area is 131 Å². The van der Waals surface area contributed by atoms with Crippen LogP contribution in [0.15, 0.2) is 24.3 Å². The van der Waals surface area contributed by atoms with E-state index in [0.29, 0.717) is 6.42 Å². The number of carbonyl (C=O) groups excluding carboxylic acids is 1. The number of hydrogen-bond donors (Lipinski definition) is 3. The average Bonchev–Trinajstić information content (AvgIpc) is 2.49. The Morgan fingerprint density at radius 2 is 1.74 bits per heavy atom. The van der Waals surface area contributed by atoms with Gasteiger partial charge in [0, 0.05) is 0 Å². The van der Waals surface area contributed by atoms with E-state index in [1.165, 1.54) is 0 Å². The fourth-order valence-electron chi connectivity index (χ4n) is 1.92. The number of rotatable bonds is 6. The Morgan fingerprint density at radius 3 is 2.13 bits per heavy atom. The lowest BCUT2D eigenvalue weighted by atomic mass is 9.98. The molecule has 0 fully saturated rings. The van der Waals surface area contributed by atoms with Gasteiger partial charge >= 0.3 is 12.1 Å². The number of aliphatic carboxylic acids is 1. The van der Waals surface area contributed by atoms with Crippen molar-refractivity contribution in [3.63, 3.8) is 0 Å². The lowest BCUT2D eigenvalue weighted by Crippen LogP contribution is -2.46. The van der Waals surface area contributed by atoms with Gasteiger partial charge in [0.15, 0.2) is 6.10 Å². The Kier molecular flexibility index (Phi) is 6.14. The third kappa shape index (κ3) is 4.95. The number of nitrogens with one attached hydrogen (secondary N) is 1. The maximum Gasteiger partial charge on any atom is 0.416 e. The second kappa shape index (κ2) is 7.45. The van der Waals surface area contributed by atoms with Crippen molar-refractivity contribution in [2.24, 2.45) is 5.92 Å². The van der Waals surface area contributed by atoms with Gasteiger partial charge in [-0.25, -0.2) is 4.79 Å². The number of carboxylic acids is 1. The van der Waals surface area contributed by atoms with Gasteiger partial charge in [-0.1, -0.05) is 32.4 Å². The number of aliphatic hydroxyl groups is 1. The molecule has 0 aliphatic rings. The highest BCUT2D eigenvalue weighted by Crippen LogP contribution is 2.30. The summed E-state index contributed by atoms with van der Waals surface area (Å²) in [6.45, 7) is 3.38. The second-order valence-corrected chi connectivity index (χ2v) is 5.23. The van der Waals surface area contributed by atoms with E-state index in [-0.39, 0.29) is 11.5 Å². The van der Waals surface area contributed by atoms with Crippen molar-refractivity contribution in [3.05, 3.63) is 35.4 Å². The molecule has 1 aromatic rings. The van der Waals surface area contributed by atoms with E-state index in [1.807, 2.05) is 0 Å². The monoisotopic (exact) mass is 333 g/mol. The van der Waals surface area contributed by atoms with Crippen LogP contribution in [-0.2, 0) is 15.8 Å². The molecular formula is C15H18F3NO4. The molecule has 1 amide bonds. The zero-order valence-corrected chi connectivity index (χ0v) is 12.6. The normalized spacial score (nSPS) is 15.6. The Balaban J connectivity index is 2.85. The quantitative estimate of drug-likeness (QED) is 0.746. The van der Waals surface area contributed by atoms with Crippen LogP contribution >= 0.6 is 0 Å². The van der Waals surface area contributed by atoms with Crippen molar-refractivity contribution in [1.82, 2.24) is 5.32 Å². The lowest BCUT2D eigenvalue weighted by molar-refractivity contribution is -0.145. The van der Waals surface area contributed by atoms with Gasteiger partial charge in [-0.05, 0) is 23.6 Å². The first kappa shape index (κ1) is 19.0. The molecule has 128 valence electrons. The first-order valence-electron chi connectivity index (χ1n) is 6.96. The summed E-state index contributed by atoms with van der Waals surface area (Å²) in [7, 11) is 0. The van der Waals surface area contributed by atoms with Crippen LogP contribution in [0.3, 0.4) is 0 Å². The molecule has 3 N–H and O–H groups in total. The summed E-state index contributed by atoms with van der Waals surface area (Å²) in [6, 6.07) is 2.26. The van der Waals surface area contributed by atoms with Gasteiger partial charge in [-0.2, -0.15) is 13.2 Å². The van der Waals surface area contributed by atoms with Crippen molar-refractivity contribution in [2.75, 3.05) is 0 Å². The predicted molar refractivity (Wildman–Crippen MR) is 75.4 cm³/mol. The van der Waals surface area contributed by atoms with Gasteiger partial charge in [0.25, 0.3) is 5.91 Å². The van der Waals surface area contributed by atoms with Crippen LogP contribution in [0.1, 0.15) is 37.5 Å². The predicted octanol–water partition coefficient (Wildman–Crippen LogP) is 2.35. The summed E-state index contributed by atoms with van der Waals surface area (Å²) in [5.41, 5.74) is -0.958. The van der Waals surface area contributed by atoms with Crippen LogP contribution in [-0.4, -0.2) is 28.1 Å². The van der Waals surface area contributed by atoms with Gasteiger partial charge in [-0.3, -0.25) is 4.79 Å². The minimum atomic E-state index is -4.52. The zero-order chi connectivity index (χ0) is 17.8. The van der Waals surface area contributed by atoms with Crippen LogP contribution in [0.2, 0.25) is 0 Å². The van der Waals surface area contributed by atoms with E-state index in [2.05, 4.69) is 5.32 Å². The van der Waals surface area contributed by atoms with Gasteiger partial charge in [0.05, 0.1) is 5.56 Å². The summed E-state index contributed by atoms with van der Waals surface area (Å²) >= 11 is 0. The molecular weight excluding hydrogens is 315 g/mol. The summed E-state index contributed by atoms with van der Waals surface area (Å²) in [6.07, 6.45) is -5.77. The fourth-order valence-corrected chi connectivity index (χ4v) is 1.92. The standard InChI is InChI=1S/C15H18F3NO4/c1-3-8(2)11(14(22)23)19-13(21)12(20)9-4-6-10(7-5-9)15(16,17)18/h4-8,11-12,20H,3H2,1-2H3,(H,19,21)(H,22,23)/t8-,11+,12+/m0/s1. The van der Waals surface area contributed by atoms with Gasteiger partial charge in [-0.15, -0.1) is 0 Å². The van der Waals surface area contributed by atoms with E-state index in [0.717, 1.165) is 24.3 Å². The fraction of sp³-hybridized carbons (Fsp3) is 0.467. The molecule has 3 atom stereocenters. The number of aliphatic hydroxyl groups excluding tert-OH is 1. The molecule has 0 aromatic heterocycles. The smallest absolute Gasteiger partial charge is 0.416 e. The van der Waals surface area contributed by atoms with E-state index < -0.39 is 35.8 Å². The van der Waals surface area contributed by atoms with Crippen molar-refractivity contribution in [3.8, 4) is 0 Å². The summed E-state index contributed by atoms with van der Waals surface area (Å²) in [5.74, 6) is -2.58. The third-order valence-electron chi connectivity index (χ3n) is 3.58. The first-order valence-corrected chi connectivity index (χ1v) is 6.96. The van der Waals surface area contributed by atoms with Crippen molar-refractivity contribution in [2.45, 2.75) is 38.6 Å². The number of alkyl halides is 3. The molecule has 0 radical (unpaired) electrons. The maximum atomic E-state index is 12.5. The average molecular weight is 333 g/mol. The van der Waals surface area contributed by atoms with Crippen LogP contribution in [0.5, 0.6) is 0 Å². The van der Waals surface area contributed by atoms with Gasteiger partial charge in [0.2, 0.25) is 0 Å². The van der Waals surface area contributed by atoms with E-state index in [1.54, 1.807) is 13.8 Å². The number of hydrogen-bond acceptors (Lipinski definition) is 3. The minimum Gasteiger partial charge on any atom is -0.480 e. The number of amides is 1. The second-order valence-electron chi connectivity index (χ2n) is 5.23. The van der Waals surface area contributed by atoms with Gasteiger partial charge < -0.3 is 15.5 Å². The third-order valence-corrected chi connectivity index (χ3v) is 3.58. The molecule has 0 saturated carbocycles. The molecule has 0 spiro atoms. The molecule has 0 saturated heterocycles. The Hall–Kier alpha value is -2.09. The van der Waals surface area contributed by atoms with E-state index in [9.17, 15) is 27.9 Å². The molecule has 1 rings (SSSR count). The zero-order valence-electron chi connectivity index (χ0n) is 12.6. The van der Waals surface area contributed by atoms with E-state index >= 15 is 0 Å². The molecule has 8 heteroatoms. The molecule has 0 aliphatic carbocycles. The largest absolute Gasteiger partial charge is 0.480 e. The van der Waals surface area contributed by atoms with Crippen molar-refractivity contribution < 1.29 is 33.0 Å². The molecule has 0 heterocycles. The molecule has 0 aliphatic heterocycles. The summed E-state index contributed by atoms with van der Waals surface area (Å²) in [4.78, 5) is 23.0. The molecule has 0 bridgehead atoms. The highest BCUT2D eigenvalue weighted by Gasteiger charge is 2.31. The van der Waals surface area contributed by atoms with Crippen molar-refractivity contribution >= 4 is 11.9 Å². The van der Waals surface area contributed by atoms with Crippen molar-refractivity contribution in [1.29, 1.82) is 0 Å². The summed E-state index contributed by atoms with van der Waals surface area (Å²) in [5, 5.41) is 21.2. The number of halogens is 3. The summed E-state index contributed by atoms with van der Waals surface area (Å²) < 4.78 is 37.4. The van der Waals surface area contributed by atoms with Crippen LogP contribution < -0.4 is 5.32 Å². The van der Waals surface area contributed by atoms with Crippen LogP contribution in [0.4, 0.5) is 13.2 Å². The number of carboxylic acid groups (broad SMARTS) is 1. The Morgan fingerprint density at radius 1 is 1.22 bits per heavy atom. The van der Waals surface area contributed by atoms with Crippen LogP contribution in [0, 0.1) is 5.92 Å². The molecule has 1 aromatic carbocycles. The van der Waals surface area contributed by atoms with Gasteiger partial charge in [0.1, 0.15) is 6.04 Å². The first-order chi connectivity index (χ1) is 10.6. The molecule has 23 heavy (non-hydrogen) atoms. The van der Waals surface area contributed by atoms with Crippen LogP contribution in [0.25, 0.3) is 0 Å². The maximum absolute atomic E-state index is 12.5. The Bertz CT molecular complexity index is 557. The highest BCUT2D eigenvalue weighted by molar-refractivity contribution is 5.87. The minimum absolute atomic E-state index is 0.0520. The SMILES string of the molecule is CC[C@H](C)[C@@H](NC(=O)[C@H](O)c1ccc(C(F)(F)F)cc1)C(=O)O.